The summed E-state index contributed by atoms with van der Waals surface area (Å²) in [4.78, 5) is 3.92. The molecule has 0 bridgehead atoms. The Bertz CT molecular complexity index is 623. The number of hydrogen-bond donors (Lipinski definition) is 0. The van der Waals surface area contributed by atoms with Gasteiger partial charge in [-0.3, -0.25) is 0 Å². The van der Waals surface area contributed by atoms with Gasteiger partial charge in [0.15, 0.2) is 0 Å². The van der Waals surface area contributed by atoms with Crippen LogP contribution < -0.4 is 4.74 Å². The van der Waals surface area contributed by atoms with E-state index in [-0.39, 0.29) is 0 Å². The molecule has 0 amide bonds. The average molecular weight is 382 g/mol. The van der Waals surface area contributed by atoms with Crippen molar-refractivity contribution in [1.82, 2.24) is 4.98 Å². The van der Waals surface area contributed by atoms with Gasteiger partial charge in [-0.2, -0.15) is 5.26 Å². The van der Waals surface area contributed by atoms with Gasteiger partial charge < -0.3 is 4.74 Å². The van der Waals surface area contributed by atoms with Gasteiger partial charge in [0.25, 0.3) is 0 Å². The number of nitriles is 1. The molecule has 19 heavy (non-hydrogen) atoms. The minimum absolute atomic E-state index is 0.398. The van der Waals surface area contributed by atoms with Crippen molar-refractivity contribution in [2.24, 2.45) is 0 Å². The van der Waals surface area contributed by atoms with Gasteiger partial charge in [-0.1, -0.05) is 22.0 Å². The quantitative estimate of drug-likeness (QED) is 0.746. The van der Waals surface area contributed by atoms with Gasteiger partial charge in [0.2, 0.25) is 0 Å². The third-order valence-corrected chi connectivity index (χ3v) is 3.75. The van der Waals surface area contributed by atoms with E-state index in [1.54, 1.807) is 12.3 Å². The van der Waals surface area contributed by atoms with Crippen molar-refractivity contribution in [2.75, 3.05) is 0 Å². The Balaban J connectivity index is 2.08. The number of benzene rings is 1. The Hall–Kier alpha value is -1.38. The lowest BCUT2D eigenvalue weighted by molar-refractivity contribution is 0.304. The van der Waals surface area contributed by atoms with Gasteiger partial charge in [-0.05, 0) is 51.3 Å². The van der Waals surface area contributed by atoms with Crippen LogP contribution >= 0.6 is 31.9 Å². The van der Waals surface area contributed by atoms with Crippen LogP contribution in [0.25, 0.3) is 0 Å². The van der Waals surface area contributed by atoms with Crippen molar-refractivity contribution in [3.63, 3.8) is 0 Å². The van der Waals surface area contributed by atoms with E-state index in [9.17, 15) is 0 Å². The van der Waals surface area contributed by atoms with Crippen LogP contribution in [0.4, 0.5) is 0 Å². The minimum Gasteiger partial charge on any atom is -0.488 e. The highest BCUT2D eigenvalue weighted by Gasteiger charge is 2.03. The zero-order chi connectivity index (χ0) is 13.7. The van der Waals surface area contributed by atoms with E-state index in [4.69, 9.17) is 10.00 Å². The Kier molecular flexibility index (Phi) is 4.94. The molecular weight excluding hydrogens is 372 g/mol. The molecule has 3 nitrogen and oxygen atoms in total. The second kappa shape index (κ2) is 6.69. The van der Waals surface area contributed by atoms with E-state index >= 15 is 0 Å². The molecular formula is C14H10Br2N2O. The summed E-state index contributed by atoms with van der Waals surface area (Å²) in [7, 11) is 0. The first-order chi connectivity index (χ1) is 9.22. The number of pyridine rings is 1. The molecule has 0 aliphatic rings. The number of ether oxygens (including phenoxy) is 1. The van der Waals surface area contributed by atoms with Crippen LogP contribution in [-0.4, -0.2) is 4.98 Å². The van der Waals surface area contributed by atoms with Crippen LogP contribution in [-0.2, 0) is 11.9 Å². The Morgan fingerprint density at radius 3 is 2.74 bits per heavy atom. The van der Waals surface area contributed by atoms with Crippen molar-refractivity contribution < 1.29 is 4.74 Å². The van der Waals surface area contributed by atoms with E-state index in [1.165, 1.54) is 5.56 Å². The SMILES string of the molecule is N#Cc1cc(COc2ccc(CBr)cc2Br)ccn1. The third-order valence-electron chi connectivity index (χ3n) is 2.48. The van der Waals surface area contributed by atoms with Crippen LogP contribution in [0.3, 0.4) is 0 Å². The Labute approximate surface area is 128 Å². The Morgan fingerprint density at radius 2 is 2.05 bits per heavy atom. The average Bonchev–Trinajstić information content (AvgIpc) is 2.46. The maximum absolute atomic E-state index is 8.78. The lowest BCUT2D eigenvalue weighted by Crippen LogP contribution is -1.97. The summed E-state index contributed by atoms with van der Waals surface area (Å²) in [5, 5.41) is 9.59. The maximum atomic E-state index is 8.78. The maximum Gasteiger partial charge on any atom is 0.140 e. The van der Waals surface area contributed by atoms with Crippen molar-refractivity contribution in [2.45, 2.75) is 11.9 Å². The monoisotopic (exact) mass is 380 g/mol. The highest BCUT2D eigenvalue weighted by Crippen LogP contribution is 2.27. The largest absolute Gasteiger partial charge is 0.488 e. The normalized spacial score (nSPS) is 9.95. The molecule has 2 rings (SSSR count). The first-order valence-electron chi connectivity index (χ1n) is 5.55. The summed E-state index contributed by atoms with van der Waals surface area (Å²) >= 11 is 6.89. The van der Waals surface area contributed by atoms with Crippen LogP contribution in [0.15, 0.2) is 41.0 Å². The lowest BCUT2D eigenvalue weighted by Gasteiger charge is -2.09. The number of hydrogen-bond acceptors (Lipinski definition) is 3. The van der Waals surface area contributed by atoms with Gasteiger partial charge in [0.1, 0.15) is 24.1 Å². The van der Waals surface area contributed by atoms with Crippen LogP contribution in [0.2, 0.25) is 0 Å². The number of nitrogens with zero attached hydrogens (tertiary/aromatic N) is 2. The molecule has 1 aromatic heterocycles. The summed E-state index contributed by atoms with van der Waals surface area (Å²) in [6.45, 7) is 0.406. The first-order valence-corrected chi connectivity index (χ1v) is 7.46. The molecule has 0 aliphatic carbocycles. The standard InChI is InChI=1S/C14H10Br2N2O/c15-7-10-1-2-14(13(16)6-10)19-9-11-3-4-18-12(5-11)8-17/h1-6H,7,9H2. The third kappa shape index (κ3) is 3.79. The predicted octanol–water partition coefficient (Wildman–Crippen LogP) is 4.19. The molecule has 0 unspecified atom stereocenters. The molecule has 5 heteroatoms. The second-order valence-electron chi connectivity index (χ2n) is 3.85. The number of aromatic nitrogens is 1. The van der Waals surface area contributed by atoms with Gasteiger partial charge >= 0.3 is 0 Å². The number of halogens is 2. The molecule has 96 valence electrons. The van der Waals surface area contributed by atoms with Gasteiger partial charge in [-0.25, -0.2) is 4.98 Å². The summed E-state index contributed by atoms with van der Waals surface area (Å²) in [6.07, 6.45) is 1.61. The predicted molar refractivity (Wildman–Crippen MR) is 80.1 cm³/mol. The van der Waals surface area contributed by atoms with Gasteiger partial charge in [0, 0.05) is 11.5 Å². The minimum atomic E-state index is 0.398. The molecule has 0 saturated heterocycles. The highest BCUT2D eigenvalue weighted by molar-refractivity contribution is 9.10. The van der Waals surface area contributed by atoms with E-state index in [2.05, 4.69) is 36.8 Å². The van der Waals surface area contributed by atoms with Crippen LogP contribution in [0.5, 0.6) is 5.75 Å². The fourth-order valence-electron chi connectivity index (χ4n) is 1.53. The van der Waals surface area contributed by atoms with Crippen molar-refractivity contribution in [3.05, 3.63) is 57.8 Å². The zero-order valence-electron chi connectivity index (χ0n) is 9.94. The van der Waals surface area contributed by atoms with E-state index in [0.717, 1.165) is 21.1 Å². The Morgan fingerprint density at radius 1 is 1.21 bits per heavy atom. The van der Waals surface area contributed by atoms with Crippen molar-refractivity contribution >= 4 is 31.9 Å². The molecule has 0 saturated carbocycles. The molecule has 2 aromatic rings. The van der Waals surface area contributed by atoms with E-state index < -0.39 is 0 Å². The molecule has 0 aliphatic heterocycles. The van der Waals surface area contributed by atoms with Crippen molar-refractivity contribution in [1.29, 1.82) is 5.26 Å². The summed E-state index contributed by atoms with van der Waals surface area (Å²) in [6, 6.07) is 11.5. The number of alkyl halides is 1. The smallest absolute Gasteiger partial charge is 0.140 e. The molecule has 1 heterocycles. The molecule has 0 fully saturated rings. The highest BCUT2D eigenvalue weighted by atomic mass is 79.9. The van der Waals surface area contributed by atoms with E-state index in [0.29, 0.717) is 12.3 Å². The summed E-state index contributed by atoms with van der Waals surface area (Å²) in [5.74, 6) is 0.778. The van der Waals surface area contributed by atoms with Gasteiger partial charge in [-0.15, -0.1) is 0 Å². The first kappa shape index (κ1) is 14.0. The van der Waals surface area contributed by atoms with Gasteiger partial charge in [0.05, 0.1) is 4.47 Å². The molecule has 1 aromatic carbocycles. The summed E-state index contributed by atoms with van der Waals surface area (Å²) < 4.78 is 6.64. The fourth-order valence-corrected chi connectivity index (χ4v) is 2.42. The van der Waals surface area contributed by atoms with E-state index in [1.807, 2.05) is 30.3 Å². The van der Waals surface area contributed by atoms with Crippen LogP contribution in [0, 0.1) is 11.3 Å². The second-order valence-corrected chi connectivity index (χ2v) is 5.26. The molecule has 0 spiro atoms. The fraction of sp³-hybridized carbons (Fsp3) is 0.143. The zero-order valence-corrected chi connectivity index (χ0v) is 13.1. The number of rotatable bonds is 4. The van der Waals surface area contributed by atoms with Crippen LogP contribution in [0.1, 0.15) is 16.8 Å². The topological polar surface area (TPSA) is 45.9 Å². The van der Waals surface area contributed by atoms with Crippen molar-refractivity contribution in [3.8, 4) is 11.8 Å². The summed E-state index contributed by atoms with van der Waals surface area (Å²) in [5.41, 5.74) is 2.49. The lowest BCUT2D eigenvalue weighted by atomic mass is 10.2. The molecule has 0 N–H and O–H groups in total. The molecule has 0 radical (unpaired) electrons. The molecule has 0 atom stereocenters.